The van der Waals surface area contributed by atoms with E-state index in [0.29, 0.717) is 17.1 Å². The van der Waals surface area contributed by atoms with Crippen molar-refractivity contribution in [1.29, 1.82) is 0 Å². The zero-order valence-electron chi connectivity index (χ0n) is 18.9. The molecular formula is C27H21FN6O. The standard InChI is InChI=1S/C27H21FN6O/c1-16-9-10-20(25(28)32-16)15-31-27(35)24-26(29)34-22(17-6-3-2-4-7-17)23(33-24)19-11-12-21-18(14-19)8-5-13-30-21/h2-14H,15H2,1H3,(H2,29,34)(H,31,35). The molecule has 172 valence electrons. The van der Waals surface area contributed by atoms with Gasteiger partial charge in [-0.15, -0.1) is 0 Å². The quantitative estimate of drug-likeness (QED) is 0.365. The van der Waals surface area contributed by atoms with E-state index < -0.39 is 11.9 Å². The second-order valence-electron chi connectivity index (χ2n) is 8.02. The van der Waals surface area contributed by atoms with Crippen LogP contribution in [-0.2, 0) is 6.54 Å². The summed E-state index contributed by atoms with van der Waals surface area (Å²) in [5.41, 5.74) is 10.4. The molecule has 0 aliphatic heterocycles. The van der Waals surface area contributed by atoms with Crippen LogP contribution in [0.1, 0.15) is 21.7 Å². The molecule has 0 aliphatic rings. The van der Waals surface area contributed by atoms with Crippen LogP contribution in [0.5, 0.6) is 0 Å². The molecule has 0 radical (unpaired) electrons. The molecule has 0 atom stereocenters. The molecule has 3 N–H and O–H groups in total. The van der Waals surface area contributed by atoms with E-state index in [2.05, 4.69) is 25.3 Å². The number of nitrogen functional groups attached to an aromatic ring is 1. The van der Waals surface area contributed by atoms with Crippen molar-refractivity contribution in [3.63, 3.8) is 0 Å². The molecule has 0 fully saturated rings. The molecule has 0 saturated carbocycles. The topological polar surface area (TPSA) is 107 Å². The predicted molar refractivity (Wildman–Crippen MR) is 133 cm³/mol. The molecule has 0 spiro atoms. The molecule has 7 nitrogen and oxygen atoms in total. The molecule has 8 heteroatoms. The number of nitrogens with one attached hydrogen (secondary N) is 1. The van der Waals surface area contributed by atoms with E-state index in [1.807, 2.05) is 60.7 Å². The number of carbonyl (C=O) groups is 1. The Labute approximate surface area is 200 Å². The van der Waals surface area contributed by atoms with Gasteiger partial charge in [0.1, 0.15) is 0 Å². The van der Waals surface area contributed by atoms with Crippen LogP contribution in [0.2, 0.25) is 0 Å². The average molecular weight is 465 g/mol. The lowest BCUT2D eigenvalue weighted by molar-refractivity contribution is 0.0946. The number of amides is 1. The van der Waals surface area contributed by atoms with Gasteiger partial charge in [-0.05, 0) is 31.2 Å². The van der Waals surface area contributed by atoms with Gasteiger partial charge in [-0.2, -0.15) is 4.39 Å². The van der Waals surface area contributed by atoms with E-state index in [9.17, 15) is 9.18 Å². The largest absolute Gasteiger partial charge is 0.382 e. The highest BCUT2D eigenvalue weighted by molar-refractivity contribution is 5.98. The van der Waals surface area contributed by atoms with Gasteiger partial charge < -0.3 is 11.1 Å². The molecule has 3 aromatic heterocycles. The molecule has 5 aromatic rings. The molecule has 35 heavy (non-hydrogen) atoms. The zero-order chi connectivity index (χ0) is 24.4. The summed E-state index contributed by atoms with van der Waals surface area (Å²) < 4.78 is 14.1. The minimum Gasteiger partial charge on any atom is -0.382 e. The van der Waals surface area contributed by atoms with Crippen molar-refractivity contribution in [2.24, 2.45) is 0 Å². The summed E-state index contributed by atoms with van der Waals surface area (Å²) in [5, 5.41) is 3.60. The number of halogens is 1. The van der Waals surface area contributed by atoms with E-state index in [4.69, 9.17) is 5.73 Å². The smallest absolute Gasteiger partial charge is 0.274 e. The van der Waals surface area contributed by atoms with Crippen LogP contribution >= 0.6 is 0 Å². The Balaban J connectivity index is 1.56. The normalized spacial score (nSPS) is 10.9. The number of nitrogens with two attached hydrogens (primary N) is 1. The third kappa shape index (κ3) is 4.54. The van der Waals surface area contributed by atoms with Gasteiger partial charge in [0.25, 0.3) is 5.91 Å². The number of aromatic nitrogens is 4. The number of fused-ring (bicyclic) bond motifs is 1. The van der Waals surface area contributed by atoms with Crippen molar-refractivity contribution >= 4 is 22.6 Å². The lowest BCUT2D eigenvalue weighted by Gasteiger charge is -2.14. The summed E-state index contributed by atoms with van der Waals surface area (Å²) in [6.45, 7) is 1.64. The van der Waals surface area contributed by atoms with Gasteiger partial charge in [0.15, 0.2) is 11.5 Å². The Kier molecular flexibility index (Phi) is 5.85. The third-order valence-electron chi connectivity index (χ3n) is 5.57. The Morgan fingerprint density at radius 1 is 0.914 bits per heavy atom. The van der Waals surface area contributed by atoms with Crippen molar-refractivity contribution in [2.45, 2.75) is 13.5 Å². The van der Waals surface area contributed by atoms with Crippen LogP contribution in [0.15, 0.2) is 79.0 Å². The minimum absolute atomic E-state index is 0.0185. The van der Waals surface area contributed by atoms with Gasteiger partial charge >= 0.3 is 0 Å². The molecule has 0 unspecified atom stereocenters. The monoisotopic (exact) mass is 464 g/mol. The fourth-order valence-corrected chi connectivity index (χ4v) is 3.78. The van der Waals surface area contributed by atoms with Crippen molar-refractivity contribution in [3.8, 4) is 22.5 Å². The summed E-state index contributed by atoms with van der Waals surface area (Å²) in [7, 11) is 0. The Hall–Kier alpha value is -4.72. The van der Waals surface area contributed by atoms with Crippen LogP contribution in [0, 0.1) is 12.9 Å². The summed E-state index contributed by atoms with van der Waals surface area (Å²) in [5.74, 6) is -1.21. The Bertz CT molecular complexity index is 1550. The number of pyridine rings is 2. The van der Waals surface area contributed by atoms with Crippen LogP contribution in [0.3, 0.4) is 0 Å². The van der Waals surface area contributed by atoms with E-state index in [1.165, 1.54) is 0 Å². The van der Waals surface area contributed by atoms with Gasteiger partial charge in [-0.3, -0.25) is 9.78 Å². The molecule has 1 amide bonds. The number of carbonyl (C=O) groups excluding carboxylic acids is 1. The van der Waals surface area contributed by atoms with Crippen molar-refractivity contribution in [1.82, 2.24) is 25.3 Å². The molecule has 2 aromatic carbocycles. The summed E-state index contributed by atoms with van der Waals surface area (Å²) >= 11 is 0. The molecule has 3 heterocycles. The number of hydrogen-bond acceptors (Lipinski definition) is 6. The maximum Gasteiger partial charge on any atom is 0.274 e. The Morgan fingerprint density at radius 2 is 1.71 bits per heavy atom. The number of rotatable bonds is 5. The zero-order valence-corrected chi connectivity index (χ0v) is 18.9. The number of benzene rings is 2. The highest BCUT2D eigenvalue weighted by Gasteiger charge is 2.20. The van der Waals surface area contributed by atoms with Gasteiger partial charge in [-0.1, -0.05) is 48.5 Å². The Morgan fingerprint density at radius 3 is 2.51 bits per heavy atom. The van der Waals surface area contributed by atoms with Crippen molar-refractivity contribution in [2.75, 3.05) is 5.73 Å². The van der Waals surface area contributed by atoms with Crippen LogP contribution in [-0.4, -0.2) is 25.8 Å². The van der Waals surface area contributed by atoms with E-state index in [-0.39, 0.29) is 23.6 Å². The summed E-state index contributed by atoms with van der Waals surface area (Å²) in [6, 6.07) is 22.3. The maximum atomic E-state index is 14.1. The van der Waals surface area contributed by atoms with Crippen LogP contribution < -0.4 is 11.1 Å². The van der Waals surface area contributed by atoms with Gasteiger partial charge in [-0.25, -0.2) is 15.0 Å². The molecule has 0 saturated heterocycles. The lowest BCUT2D eigenvalue weighted by atomic mass is 10.0. The highest BCUT2D eigenvalue weighted by Crippen LogP contribution is 2.32. The van der Waals surface area contributed by atoms with E-state index in [1.54, 1.807) is 25.3 Å². The van der Waals surface area contributed by atoms with E-state index in [0.717, 1.165) is 22.0 Å². The van der Waals surface area contributed by atoms with Crippen LogP contribution in [0.4, 0.5) is 10.2 Å². The third-order valence-corrected chi connectivity index (χ3v) is 5.57. The first kappa shape index (κ1) is 22.1. The number of nitrogens with zero attached hydrogens (tertiary/aromatic N) is 4. The first-order chi connectivity index (χ1) is 17.0. The van der Waals surface area contributed by atoms with E-state index >= 15 is 0 Å². The van der Waals surface area contributed by atoms with Gasteiger partial charge in [0.2, 0.25) is 5.95 Å². The van der Waals surface area contributed by atoms with Gasteiger partial charge in [0, 0.05) is 40.5 Å². The minimum atomic E-state index is -0.630. The molecule has 5 rings (SSSR count). The lowest BCUT2D eigenvalue weighted by Crippen LogP contribution is -2.26. The summed E-state index contributed by atoms with van der Waals surface area (Å²) in [4.78, 5) is 30.4. The SMILES string of the molecule is Cc1ccc(CNC(=O)c2nc(-c3ccc4ncccc4c3)c(-c3ccccc3)nc2N)c(F)n1. The molecule has 0 aliphatic carbocycles. The number of anilines is 1. The first-order valence-electron chi connectivity index (χ1n) is 11.0. The fraction of sp³-hybridized carbons (Fsp3) is 0.0741. The average Bonchev–Trinajstić information content (AvgIpc) is 2.88. The van der Waals surface area contributed by atoms with Gasteiger partial charge in [0.05, 0.1) is 16.9 Å². The molecule has 0 bridgehead atoms. The fourth-order valence-electron chi connectivity index (χ4n) is 3.78. The molecular weight excluding hydrogens is 443 g/mol. The summed E-state index contributed by atoms with van der Waals surface area (Å²) in [6.07, 6.45) is 1.73. The predicted octanol–water partition coefficient (Wildman–Crippen LogP) is 4.71. The first-order valence-corrected chi connectivity index (χ1v) is 11.0. The second-order valence-corrected chi connectivity index (χ2v) is 8.02. The highest BCUT2D eigenvalue weighted by atomic mass is 19.1. The number of hydrogen-bond donors (Lipinski definition) is 2. The second kappa shape index (κ2) is 9.26. The maximum absolute atomic E-state index is 14.1. The van der Waals surface area contributed by atoms with Crippen LogP contribution in [0.25, 0.3) is 33.4 Å². The van der Waals surface area contributed by atoms with Crippen molar-refractivity contribution < 1.29 is 9.18 Å². The number of aryl methyl sites for hydroxylation is 1. The van der Waals surface area contributed by atoms with Crippen molar-refractivity contribution in [3.05, 3.63) is 102 Å².